The molecule has 0 aliphatic heterocycles. The van der Waals surface area contributed by atoms with Gasteiger partial charge in [-0.1, -0.05) is 0 Å². The summed E-state index contributed by atoms with van der Waals surface area (Å²) in [5.41, 5.74) is 3.75. The third-order valence-corrected chi connectivity index (χ3v) is 2.33. The second-order valence-electron chi connectivity index (χ2n) is 3.21. The SMILES string of the molecule is Cn1cnc2c3nccnc3ccc21. The first-order valence-corrected chi connectivity index (χ1v) is 4.37. The number of aryl methyl sites for hydroxylation is 1. The molecule has 14 heavy (non-hydrogen) atoms. The number of hydrogen-bond acceptors (Lipinski definition) is 3. The molecule has 0 spiro atoms. The number of rotatable bonds is 0. The van der Waals surface area contributed by atoms with E-state index in [2.05, 4.69) is 15.0 Å². The lowest BCUT2D eigenvalue weighted by molar-refractivity contribution is 0.948. The van der Waals surface area contributed by atoms with Crippen LogP contribution in [0.2, 0.25) is 0 Å². The molecule has 0 aliphatic rings. The molecule has 0 unspecified atom stereocenters. The highest BCUT2D eigenvalue weighted by Gasteiger charge is 2.05. The lowest BCUT2D eigenvalue weighted by atomic mass is 10.2. The highest BCUT2D eigenvalue weighted by atomic mass is 15.0. The van der Waals surface area contributed by atoms with E-state index in [0.717, 1.165) is 22.1 Å². The Balaban J connectivity index is 2.61. The molecule has 0 fully saturated rings. The van der Waals surface area contributed by atoms with Crippen LogP contribution in [-0.4, -0.2) is 19.5 Å². The van der Waals surface area contributed by atoms with Crippen LogP contribution < -0.4 is 0 Å². The molecule has 4 nitrogen and oxygen atoms in total. The Bertz CT molecular complexity index is 612. The number of benzene rings is 1. The van der Waals surface area contributed by atoms with Crippen LogP contribution in [-0.2, 0) is 7.05 Å². The zero-order valence-electron chi connectivity index (χ0n) is 7.68. The highest BCUT2D eigenvalue weighted by molar-refractivity contribution is 5.99. The van der Waals surface area contributed by atoms with Crippen molar-refractivity contribution in [2.24, 2.45) is 7.05 Å². The van der Waals surface area contributed by atoms with Gasteiger partial charge >= 0.3 is 0 Å². The molecule has 0 saturated heterocycles. The van der Waals surface area contributed by atoms with Crippen LogP contribution in [0.25, 0.3) is 22.1 Å². The van der Waals surface area contributed by atoms with Crippen LogP contribution in [0, 0.1) is 0 Å². The van der Waals surface area contributed by atoms with E-state index >= 15 is 0 Å². The Morgan fingerprint density at radius 2 is 1.86 bits per heavy atom. The Kier molecular flexibility index (Phi) is 1.33. The Morgan fingerprint density at radius 1 is 1.00 bits per heavy atom. The van der Waals surface area contributed by atoms with Crippen LogP contribution in [0.4, 0.5) is 0 Å². The molecule has 0 amide bonds. The van der Waals surface area contributed by atoms with Crippen molar-refractivity contribution < 1.29 is 0 Å². The number of fused-ring (bicyclic) bond motifs is 3. The molecule has 0 radical (unpaired) electrons. The fourth-order valence-electron chi connectivity index (χ4n) is 1.63. The van der Waals surface area contributed by atoms with E-state index < -0.39 is 0 Å². The van der Waals surface area contributed by atoms with Crippen LogP contribution in [0.5, 0.6) is 0 Å². The summed E-state index contributed by atoms with van der Waals surface area (Å²) < 4.78 is 1.98. The van der Waals surface area contributed by atoms with Crippen molar-refractivity contribution in [3.05, 3.63) is 30.9 Å². The molecule has 0 N–H and O–H groups in total. The topological polar surface area (TPSA) is 43.6 Å². The van der Waals surface area contributed by atoms with Gasteiger partial charge in [0.15, 0.2) is 0 Å². The van der Waals surface area contributed by atoms with E-state index in [4.69, 9.17) is 0 Å². The van der Waals surface area contributed by atoms with Gasteiger partial charge in [0, 0.05) is 19.4 Å². The van der Waals surface area contributed by atoms with Gasteiger partial charge in [0.25, 0.3) is 0 Å². The lowest BCUT2D eigenvalue weighted by Gasteiger charge is -1.97. The maximum Gasteiger partial charge on any atom is 0.116 e. The first kappa shape index (κ1) is 7.44. The predicted octanol–water partition coefficient (Wildman–Crippen LogP) is 1.52. The van der Waals surface area contributed by atoms with Crippen LogP contribution in [0.1, 0.15) is 0 Å². The maximum absolute atomic E-state index is 4.31. The van der Waals surface area contributed by atoms with Crippen LogP contribution in [0.3, 0.4) is 0 Å². The Morgan fingerprint density at radius 3 is 2.79 bits per heavy atom. The molecule has 1 aromatic carbocycles. The molecule has 0 aliphatic carbocycles. The first-order valence-electron chi connectivity index (χ1n) is 4.37. The van der Waals surface area contributed by atoms with Crippen molar-refractivity contribution in [3.8, 4) is 0 Å². The molecule has 68 valence electrons. The highest BCUT2D eigenvalue weighted by Crippen LogP contribution is 2.19. The average Bonchev–Trinajstić information content (AvgIpc) is 2.61. The molecule has 3 aromatic rings. The molecule has 2 heterocycles. The minimum atomic E-state index is 0.866. The Labute approximate surface area is 80.2 Å². The van der Waals surface area contributed by atoms with Crippen molar-refractivity contribution in [1.82, 2.24) is 19.5 Å². The summed E-state index contributed by atoms with van der Waals surface area (Å²) in [4.78, 5) is 12.8. The number of imidazole rings is 1. The Hall–Kier alpha value is -1.97. The van der Waals surface area contributed by atoms with Gasteiger partial charge in [-0.3, -0.25) is 9.97 Å². The third-order valence-electron chi connectivity index (χ3n) is 2.33. The summed E-state index contributed by atoms with van der Waals surface area (Å²) in [6, 6.07) is 3.98. The molecule has 3 rings (SSSR count). The average molecular weight is 184 g/mol. The number of nitrogens with zero attached hydrogens (tertiary/aromatic N) is 4. The largest absolute Gasteiger partial charge is 0.334 e. The van der Waals surface area contributed by atoms with Gasteiger partial charge in [-0.25, -0.2) is 4.98 Å². The summed E-state index contributed by atoms with van der Waals surface area (Å²) in [6.07, 6.45) is 5.17. The van der Waals surface area contributed by atoms with Crippen molar-refractivity contribution >= 4 is 22.1 Å². The van der Waals surface area contributed by atoms with Crippen molar-refractivity contribution in [1.29, 1.82) is 0 Å². The molecular weight excluding hydrogens is 176 g/mol. The zero-order valence-corrected chi connectivity index (χ0v) is 7.68. The van der Waals surface area contributed by atoms with Crippen molar-refractivity contribution in [3.63, 3.8) is 0 Å². The van der Waals surface area contributed by atoms with Crippen molar-refractivity contribution in [2.45, 2.75) is 0 Å². The van der Waals surface area contributed by atoms with Gasteiger partial charge in [0.05, 0.1) is 17.4 Å². The van der Waals surface area contributed by atoms with Gasteiger partial charge in [0.2, 0.25) is 0 Å². The molecular formula is C10H8N4. The fourth-order valence-corrected chi connectivity index (χ4v) is 1.63. The van der Waals surface area contributed by atoms with Gasteiger partial charge < -0.3 is 4.57 Å². The minimum absolute atomic E-state index is 0.866. The zero-order chi connectivity index (χ0) is 9.54. The molecule has 0 bridgehead atoms. The van der Waals surface area contributed by atoms with Gasteiger partial charge in [-0.15, -0.1) is 0 Å². The van der Waals surface area contributed by atoms with E-state index in [-0.39, 0.29) is 0 Å². The van der Waals surface area contributed by atoms with Gasteiger partial charge in [-0.05, 0) is 12.1 Å². The minimum Gasteiger partial charge on any atom is -0.334 e. The maximum atomic E-state index is 4.31. The normalized spacial score (nSPS) is 11.2. The van der Waals surface area contributed by atoms with E-state index in [0.29, 0.717) is 0 Å². The van der Waals surface area contributed by atoms with E-state index in [9.17, 15) is 0 Å². The number of aromatic nitrogens is 4. The molecule has 0 atom stereocenters. The van der Waals surface area contributed by atoms with Crippen molar-refractivity contribution in [2.75, 3.05) is 0 Å². The molecule has 0 saturated carbocycles. The summed E-state index contributed by atoms with van der Waals surface area (Å²) in [6.45, 7) is 0. The van der Waals surface area contributed by atoms with Crippen LogP contribution in [0.15, 0.2) is 30.9 Å². The van der Waals surface area contributed by atoms with E-state index in [1.54, 1.807) is 18.7 Å². The summed E-state index contributed by atoms with van der Waals surface area (Å²) in [5.74, 6) is 0. The summed E-state index contributed by atoms with van der Waals surface area (Å²) in [5, 5.41) is 0. The number of hydrogen-bond donors (Lipinski definition) is 0. The monoisotopic (exact) mass is 184 g/mol. The van der Waals surface area contributed by atoms with Gasteiger partial charge in [0.1, 0.15) is 11.0 Å². The molecule has 2 aromatic heterocycles. The summed E-state index contributed by atoms with van der Waals surface area (Å²) >= 11 is 0. The van der Waals surface area contributed by atoms with Gasteiger partial charge in [-0.2, -0.15) is 0 Å². The molecule has 4 heteroatoms. The first-order chi connectivity index (χ1) is 6.86. The third kappa shape index (κ3) is 0.849. The lowest BCUT2D eigenvalue weighted by Crippen LogP contribution is -1.86. The standard InChI is InChI=1S/C10H8N4/c1-14-6-13-10-8(14)3-2-7-9(10)12-5-4-11-7/h2-6H,1H3. The fraction of sp³-hybridized carbons (Fsp3) is 0.100. The smallest absolute Gasteiger partial charge is 0.116 e. The second kappa shape index (κ2) is 2.51. The second-order valence-corrected chi connectivity index (χ2v) is 3.21. The predicted molar refractivity (Wildman–Crippen MR) is 53.8 cm³/mol. The summed E-state index contributed by atoms with van der Waals surface area (Å²) in [7, 11) is 1.97. The quantitative estimate of drug-likeness (QED) is 0.532. The van der Waals surface area contributed by atoms with Crippen LogP contribution >= 0.6 is 0 Å². The van der Waals surface area contributed by atoms with E-state index in [1.807, 2.05) is 23.7 Å². The van der Waals surface area contributed by atoms with E-state index in [1.165, 1.54) is 0 Å².